The predicted molar refractivity (Wildman–Crippen MR) is 127 cm³/mol. The van der Waals surface area contributed by atoms with Gasteiger partial charge in [0.05, 0.1) is 24.1 Å². The van der Waals surface area contributed by atoms with E-state index in [0.717, 1.165) is 13.7 Å². The summed E-state index contributed by atoms with van der Waals surface area (Å²) in [6.45, 7) is -0.0485. The molecule has 0 aliphatic carbocycles. The quantitative estimate of drug-likeness (QED) is 0.433. The lowest BCUT2D eigenvalue weighted by Gasteiger charge is -2.27. The molecule has 9 heteroatoms. The van der Waals surface area contributed by atoms with E-state index in [1.165, 1.54) is 19.2 Å². The van der Waals surface area contributed by atoms with E-state index in [9.17, 15) is 18.0 Å². The van der Waals surface area contributed by atoms with E-state index in [4.69, 9.17) is 4.74 Å². The zero-order valence-corrected chi connectivity index (χ0v) is 20.1. The molecule has 0 spiro atoms. The van der Waals surface area contributed by atoms with Crippen molar-refractivity contribution in [1.82, 2.24) is 4.31 Å². The molecule has 1 heterocycles. The van der Waals surface area contributed by atoms with Crippen LogP contribution in [0.3, 0.4) is 0 Å². The van der Waals surface area contributed by atoms with Crippen LogP contribution in [-0.2, 0) is 26.2 Å². The Morgan fingerprint density at radius 1 is 0.970 bits per heavy atom. The van der Waals surface area contributed by atoms with Gasteiger partial charge in [0.15, 0.2) is 0 Å². The number of halogens is 1. The van der Waals surface area contributed by atoms with E-state index in [2.05, 4.69) is 15.9 Å². The molecule has 0 bridgehead atoms. The summed E-state index contributed by atoms with van der Waals surface area (Å²) < 4.78 is 34.4. The number of hydrogen-bond donors (Lipinski definition) is 0. The Bertz CT molecular complexity index is 1260. The zero-order valence-electron chi connectivity index (χ0n) is 17.7. The third kappa shape index (κ3) is 4.71. The molecule has 4 rings (SSSR count). The van der Waals surface area contributed by atoms with E-state index in [0.29, 0.717) is 17.0 Å². The fourth-order valence-electron chi connectivity index (χ4n) is 3.71. The zero-order chi connectivity index (χ0) is 23.6. The van der Waals surface area contributed by atoms with Gasteiger partial charge in [-0.15, -0.1) is 0 Å². The molecule has 0 N–H and O–H groups in total. The fraction of sp³-hybridized carbons (Fsp3) is 0.167. The molecule has 1 aliphatic rings. The summed E-state index contributed by atoms with van der Waals surface area (Å²) in [6.07, 6.45) is -0.239. The first-order valence-corrected chi connectivity index (χ1v) is 12.4. The van der Waals surface area contributed by atoms with E-state index in [-0.39, 0.29) is 17.9 Å². The first-order valence-electron chi connectivity index (χ1n) is 10.1. The number of amides is 2. The second-order valence-electron chi connectivity index (χ2n) is 7.48. The largest absolute Gasteiger partial charge is 0.497 e. The molecule has 1 saturated heterocycles. The minimum absolute atomic E-state index is 0.0153. The summed E-state index contributed by atoms with van der Waals surface area (Å²) in [5, 5.41) is 0. The summed E-state index contributed by atoms with van der Waals surface area (Å²) in [4.78, 5) is 27.3. The minimum Gasteiger partial charge on any atom is -0.497 e. The Morgan fingerprint density at radius 2 is 1.61 bits per heavy atom. The van der Waals surface area contributed by atoms with Crippen LogP contribution in [0.2, 0.25) is 0 Å². The van der Waals surface area contributed by atoms with Gasteiger partial charge in [0.1, 0.15) is 11.8 Å². The normalized spacial score (nSPS) is 16.5. The van der Waals surface area contributed by atoms with Crippen molar-refractivity contribution in [3.63, 3.8) is 0 Å². The number of imide groups is 1. The van der Waals surface area contributed by atoms with Gasteiger partial charge in [-0.05, 0) is 54.1 Å². The summed E-state index contributed by atoms with van der Waals surface area (Å²) in [6, 6.07) is 20.5. The van der Waals surface area contributed by atoms with E-state index >= 15 is 0 Å². The first kappa shape index (κ1) is 23.2. The van der Waals surface area contributed by atoms with Gasteiger partial charge in [-0.25, -0.2) is 13.3 Å². The van der Waals surface area contributed by atoms with Crippen LogP contribution in [0.1, 0.15) is 12.0 Å². The van der Waals surface area contributed by atoms with Crippen molar-refractivity contribution in [1.29, 1.82) is 0 Å². The van der Waals surface area contributed by atoms with Gasteiger partial charge in [0, 0.05) is 11.0 Å². The average Bonchev–Trinajstić information content (AvgIpc) is 3.12. The number of hydrogen-bond acceptors (Lipinski definition) is 5. The van der Waals surface area contributed by atoms with Crippen LogP contribution in [0.15, 0.2) is 88.2 Å². The summed E-state index contributed by atoms with van der Waals surface area (Å²) in [5.74, 6) is -0.511. The highest BCUT2D eigenvalue weighted by molar-refractivity contribution is 9.10. The van der Waals surface area contributed by atoms with Crippen molar-refractivity contribution >= 4 is 43.5 Å². The van der Waals surface area contributed by atoms with Gasteiger partial charge >= 0.3 is 0 Å². The molecular weight excluding hydrogens is 508 g/mol. The molecule has 1 unspecified atom stereocenters. The molecule has 0 saturated carbocycles. The van der Waals surface area contributed by atoms with Crippen LogP contribution in [0.4, 0.5) is 5.69 Å². The van der Waals surface area contributed by atoms with Crippen molar-refractivity contribution in [2.24, 2.45) is 0 Å². The van der Waals surface area contributed by atoms with E-state index in [1.54, 1.807) is 60.7 Å². The maximum atomic E-state index is 13.7. The molecule has 3 aromatic rings. The van der Waals surface area contributed by atoms with E-state index < -0.39 is 27.9 Å². The van der Waals surface area contributed by atoms with Crippen LogP contribution in [-0.4, -0.2) is 37.7 Å². The molecule has 7 nitrogen and oxygen atoms in total. The van der Waals surface area contributed by atoms with Crippen molar-refractivity contribution in [3.05, 3.63) is 88.9 Å². The maximum absolute atomic E-state index is 13.7. The molecular formula is C24H21BrN2O5S. The molecule has 0 radical (unpaired) electrons. The van der Waals surface area contributed by atoms with Crippen molar-refractivity contribution in [3.8, 4) is 5.75 Å². The summed E-state index contributed by atoms with van der Waals surface area (Å²) in [7, 11) is -2.61. The van der Waals surface area contributed by atoms with Crippen LogP contribution in [0.5, 0.6) is 5.75 Å². The van der Waals surface area contributed by atoms with Crippen molar-refractivity contribution in [2.45, 2.75) is 23.9 Å². The molecule has 33 heavy (non-hydrogen) atoms. The SMILES string of the molecule is COc1ccc(S(=O)(=O)N(Cc2ccccc2)C2CC(=O)N(c3ccc(Br)cc3)C2=O)cc1. The Kier molecular flexibility index (Phi) is 6.64. The maximum Gasteiger partial charge on any atom is 0.252 e. The third-order valence-electron chi connectivity index (χ3n) is 5.40. The Labute approximate surface area is 200 Å². The third-order valence-corrected chi connectivity index (χ3v) is 7.80. The Hall–Kier alpha value is -3.01. The van der Waals surface area contributed by atoms with Gasteiger partial charge in [0.2, 0.25) is 15.9 Å². The lowest BCUT2D eigenvalue weighted by Crippen LogP contribution is -2.45. The van der Waals surface area contributed by atoms with Crippen molar-refractivity contribution < 1.29 is 22.7 Å². The molecule has 1 aliphatic heterocycles. The van der Waals surface area contributed by atoms with Crippen LogP contribution < -0.4 is 9.64 Å². The smallest absolute Gasteiger partial charge is 0.252 e. The molecule has 3 aromatic carbocycles. The number of carbonyl (C=O) groups excluding carboxylic acids is 2. The highest BCUT2D eigenvalue weighted by atomic mass is 79.9. The average molecular weight is 529 g/mol. The number of nitrogens with zero attached hydrogens (tertiary/aromatic N) is 2. The van der Waals surface area contributed by atoms with Crippen LogP contribution >= 0.6 is 15.9 Å². The number of benzene rings is 3. The lowest BCUT2D eigenvalue weighted by atomic mass is 10.2. The molecule has 0 aromatic heterocycles. The second kappa shape index (κ2) is 9.46. The first-order chi connectivity index (χ1) is 15.8. The van der Waals surface area contributed by atoms with E-state index in [1.807, 2.05) is 6.07 Å². The summed E-state index contributed by atoms with van der Waals surface area (Å²) >= 11 is 3.33. The summed E-state index contributed by atoms with van der Waals surface area (Å²) in [5.41, 5.74) is 1.11. The molecule has 2 amide bonds. The number of ether oxygens (including phenoxy) is 1. The molecule has 170 valence electrons. The minimum atomic E-state index is -4.11. The van der Waals surface area contributed by atoms with Crippen LogP contribution in [0.25, 0.3) is 0 Å². The number of sulfonamides is 1. The molecule has 1 atom stereocenters. The van der Waals surface area contributed by atoms with Crippen LogP contribution in [0, 0.1) is 0 Å². The second-order valence-corrected chi connectivity index (χ2v) is 10.3. The number of rotatable bonds is 7. The highest BCUT2D eigenvalue weighted by Crippen LogP contribution is 2.31. The Balaban J connectivity index is 1.73. The number of carbonyl (C=O) groups is 2. The fourth-order valence-corrected chi connectivity index (χ4v) is 5.55. The van der Waals surface area contributed by atoms with Crippen molar-refractivity contribution in [2.75, 3.05) is 12.0 Å². The standard InChI is InChI=1S/C24H21BrN2O5S/c1-32-20-11-13-21(14-12-20)33(30,31)26(16-17-5-3-2-4-6-17)22-15-23(28)27(24(22)29)19-9-7-18(25)8-10-19/h2-14,22H,15-16H2,1H3. The van der Waals surface area contributed by atoms with Gasteiger partial charge in [-0.3, -0.25) is 9.59 Å². The van der Waals surface area contributed by atoms with Gasteiger partial charge < -0.3 is 4.74 Å². The Morgan fingerprint density at radius 3 is 2.21 bits per heavy atom. The van der Waals surface area contributed by atoms with Gasteiger partial charge in [-0.1, -0.05) is 46.3 Å². The topological polar surface area (TPSA) is 84.0 Å². The lowest BCUT2D eigenvalue weighted by molar-refractivity contribution is -0.122. The predicted octanol–water partition coefficient (Wildman–Crippen LogP) is 3.98. The molecule has 1 fully saturated rings. The highest BCUT2D eigenvalue weighted by Gasteiger charge is 2.47. The monoisotopic (exact) mass is 528 g/mol. The van der Waals surface area contributed by atoms with Gasteiger partial charge in [-0.2, -0.15) is 4.31 Å². The number of methoxy groups -OCH3 is 1. The van der Waals surface area contributed by atoms with Gasteiger partial charge in [0.25, 0.3) is 5.91 Å². The number of anilines is 1.